The van der Waals surface area contributed by atoms with Gasteiger partial charge < -0.3 is 19.1 Å². The van der Waals surface area contributed by atoms with Gasteiger partial charge in [0, 0.05) is 24.3 Å². The highest BCUT2D eigenvalue weighted by Crippen LogP contribution is 2.31. The lowest BCUT2D eigenvalue weighted by molar-refractivity contribution is -0.000316. The van der Waals surface area contributed by atoms with Crippen molar-refractivity contribution in [1.82, 2.24) is 9.80 Å². The first kappa shape index (κ1) is 38.9. The number of nitrogens with zero attached hydrogens (tertiary/aromatic N) is 3. The van der Waals surface area contributed by atoms with Crippen molar-refractivity contribution < 1.29 is 33.4 Å². The average molecular weight is 700 g/mol. The van der Waals surface area contributed by atoms with Gasteiger partial charge in [0.15, 0.2) is 0 Å². The summed E-state index contributed by atoms with van der Waals surface area (Å²) in [6.07, 6.45) is -0.539. The van der Waals surface area contributed by atoms with E-state index in [4.69, 9.17) is 14.2 Å². The van der Waals surface area contributed by atoms with Gasteiger partial charge in [-0.15, -0.1) is 0 Å². The lowest BCUT2D eigenvalue weighted by Crippen LogP contribution is -2.43. The van der Waals surface area contributed by atoms with Gasteiger partial charge in [-0.2, -0.15) is 0 Å². The number of ether oxygens (including phenoxy) is 3. The van der Waals surface area contributed by atoms with Gasteiger partial charge in [-0.1, -0.05) is 60.7 Å². The Balaban J connectivity index is 1.46. The van der Waals surface area contributed by atoms with Gasteiger partial charge in [0.2, 0.25) is 0 Å². The van der Waals surface area contributed by atoms with Crippen molar-refractivity contribution in [2.75, 3.05) is 18.0 Å². The zero-order valence-corrected chi connectivity index (χ0v) is 31.5. The summed E-state index contributed by atoms with van der Waals surface area (Å²) in [5.41, 5.74) is 1.61. The Morgan fingerprint density at radius 3 is 1.73 bits per heavy atom. The maximum Gasteiger partial charge on any atom is 0.420 e. The molecule has 0 bridgehead atoms. The van der Waals surface area contributed by atoms with E-state index < -0.39 is 35.1 Å². The predicted octanol–water partition coefficient (Wildman–Crippen LogP) is 9.32. The zero-order valence-electron chi connectivity index (χ0n) is 31.5. The first-order chi connectivity index (χ1) is 23.8. The lowest BCUT2D eigenvalue weighted by atomic mass is 9.88. The Kier molecular flexibility index (Phi) is 12.2. The third-order valence-corrected chi connectivity index (χ3v) is 7.98. The number of anilines is 1. The van der Waals surface area contributed by atoms with E-state index in [-0.39, 0.29) is 18.4 Å². The highest BCUT2D eigenvalue weighted by molar-refractivity contribution is 5.97. The van der Waals surface area contributed by atoms with Gasteiger partial charge in [-0.25, -0.2) is 19.3 Å². The van der Waals surface area contributed by atoms with E-state index in [2.05, 4.69) is 0 Å². The topological polar surface area (TPSA) is 106 Å². The molecule has 0 aromatic heterocycles. The van der Waals surface area contributed by atoms with E-state index >= 15 is 0 Å². The Bertz CT molecular complexity index is 1650. The minimum Gasteiger partial charge on any atom is -0.443 e. The van der Waals surface area contributed by atoms with Crippen LogP contribution in [0.1, 0.15) is 108 Å². The van der Waals surface area contributed by atoms with Gasteiger partial charge >= 0.3 is 18.3 Å². The number of carbonyl (C=O) groups is 4. The first-order valence-electron chi connectivity index (χ1n) is 17.5. The molecule has 1 aliphatic rings. The maximum absolute atomic E-state index is 13.8. The molecule has 3 aromatic rings. The van der Waals surface area contributed by atoms with Crippen LogP contribution in [0.4, 0.5) is 20.1 Å². The number of piperidine rings is 1. The second-order valence-electron chi connectivity index (χ2n) is 16.0. The second-order valence-corrected chi connectivity index (χ2v) is 16.0. The molecule has 51 heavy (non-hydrogen) atoms. The van der Waals surface area contributed by atoms with Gasteiger partial charge in [0.05, 0.1) is 13.1 Å². The summed E-state index contributed by atoms with van der Waals surface area (Å²) in [6.45, 7) is 17.4. The van der Waals surface area contributed by atoms with Crippen LogP contribution in [0.3, 0.4) is 0 Å². The molecule has 10 nitrogen and oxygen atoms in total. The smallest absolute Gasteiger partial charge is 0.420 e. The summed E-state index contributed by atoms with van der Waals surface area (Å²) in [7, 11) is 0. The van der Waals surface area contributed by atoms with Crippen molar-refractivity contribution in [2.45, 2.75) is 111 Å². The molecule has 0 radical (unpaired) electrons. The molecule has 1 heterocycles. The molecule has 10 heteroatoms. The molecule has 0 saturated carbocycles. The van der Waals surface area contributed by atoms with Crippen molar-refractivity contribution in [3.8, 4) is 0 Å². The predicted molar refractivity (Wildman–Crippen MR) is 198 cm³/mol. The van der Waals surface area contributed by atoms with E-state index in [0.29, 0.717) is 30.9 Å². The quantitative estimate of drug-likeness (QED) is 0.226. The van der Waals surface area contributed by atoms with Crippen LogP contribution in [0, 0.1) is 0 Å². The molecular weight excluding hydrogens is 646 g/mol. The third kappa shape index (κ3) is 11.9. The van der Waals surface area contributed by atoms with Crippen molar-refractivity contribution in [3.63, 3.8) is 0 Å². The summed E-state index contributed by atoms with van der Waals surface area (Å²) in [5.74, 6) is 0.0867. The molecule has 4 rings (SSSR count). The number of benzene rings is 3. The molecule has 1 aliphatic heterocycles. The maximum atomic E-state index is 13.8. The second kappa shape index (κ2) is 16.0. The number of likely N-dealkylation sites (tertiary alicyclic amines) is 1. The number of rotatable bonds is 7. The normalized spacial score (nSPS) is 14.0. The number of amides is 4. The number of carbonyl (C=O) groups excluding carboxylic acids is 4. The SMILES string of the molecule is CC(C)(C)OC(=O)N(Cc1cccc(C2CCN(C(=O)c3cccc(N(Cc4ccccc4)C(=O)OC(C)(C)C)c3)CC2)c1)C(=O)OC(C)(C)C. The Labute approximate surface area is 302 Å². The van der Waals surface area contributed by atoms with E-state index in [1.807, 2.05) is 86.3 Å². The fourth-order valence-corrected chi connectivity index (χ4v) is 5.72. The van der Waals surface area contributed by atoms with Crippen LogP contribution in [0.15, 0.2) is 78.9 Å². The van der Waals surface area contributed by atoms with Gasteiger partial charge in [0.1, 0.15) is 16.8 Å². The monoisotopic (exact) mass is 699 g/mol. The molecule has 4 amide bonds. The summed E-state index contributed by atoms with van der Waals surface area (Å²) in [5, 5.41) is 0. The van der Waals surface area contributed by atoms with E-state index in [0.717, 1.165) is 34.4 Å². The number of hydrogen-bond donors (Lipinski definition) is 0. The van der Waals surface area contributed by atoms with Crippen LogP contribution in [-0.4, -0.2) is 63.9 Å². The summed E-state index contributed by atoms with van der Waals surface area (Å²) >= 11 is 0. The van der Waals surface area contributed by atoms with Crippen LogP contribution in [0.5, 0.6) is 0 Å². The Morgan fingerprint density at radius 1 is 0.627 bits per heavy atom. The van der Waals surface area contributed by atoms with Crippen LogP contribution >= 0.6 is 0 Å². The highest BCUT2D eigenvalue weighted by Gasteiger charge is 2.32. The zero-order chi connectivity index (χ0) is 37.6. The Morgan fingerprint density at radius 2 is 1.16 bits per heavy atom. The molecule has 3 aromatic carbocycles. The van der Waals surface area contributed by atoms with E-state index in [1.165, 1.54) is 0 Å². The van der Waals surface area contributed by atoms with Gasteiger partial charge in [-0.3, -0.25) is 9.69 Å². The molecule has 0 N–H and O–H groups in total. The van der Waals surface area contributed by atoms with Gasteiger partial charge in [0.25, 0.3) is 5.91 Å². The third-order valence-electron chi connectivity index (χ3n) is 7.98. The first-order valence-corrected chi connectivity index (χ1v) is 17.5. The number of hydrogen-bond acceptors (Lipinski definition) is 7. The van der Waals surface area contributed by atoms with Crippen LogP contribution < -0.4 is 4.90 Å². The van der Waals surface area contributed by atoms with Crippen molar-refractivity contribution in [2.24, 2.45) is 0 Å². The highest BCUT2D eigenvalue weighted by atomic mass is 16.6. The van der Waals surface area contributed by atoms with Crippen LogP contribution in [0.25, 0.3) is 0 Å². The summed E-state index contributed by atoms with van der Waals surface area (Å²) in [6, 6.07) is 24.6. The van der Waals surface area contributed by atoms with E-state index in [1.54, 1.807) is 64.6 Å². The molecule has 0 spiro atoms. The average Bonchev–Trinajstić information content (AvgIpc) is 3.04. The number of imide groups is 1. The van der Waals surface area contributed by atoms with Crippen molar-refractivity contribution >= 4 is 29.9 Å². The molecule has 1 saturated heterocycles. The van der Waals surface area contributed by atoms with E-state index in [9.17, 15) is 19.2 Å². The minimum atomic E-state index is -0.786. The van der Waals surface area contributed by atoms with Gasteiger partial charge in [-0.05, 0) is 116 Å². The van der Waals surface area contributed by atoms with Crippen molar-refractivity contribution in [3.05, 3.63) is 101 Å². The molecular formula is C41H53N3O7. The summed E-state index contributed by atoms with van der Waals surface area (Å²) < 4.78 is 16.8. The van der Waals surface area contributed by atoms with Crippen LogP contribution in [0.2, 0.25) is 0 Å². The lowest BCUT2D eigenvalue weighted by Gasteiger charge is -2.33. The summed E-state index contributed by atoms with van der Waals surface area (Å²) in [4.78, 5) is 57.6. The largest absolute Gasteiger partial charge is 0.443 e. The molecule has 0 unspecified atom stereocenters. The molecule has 0 atom stereocenters. The molecule has 1 fully saturated rings. The standard InChI is InChI=1S/C41H53N3O7/c1-39(2,3)49-36(46)43(27-29-15-11-10-12-16-29)34-20-14-19-33(26-34)35(45)42-23-21-31(22-24-42)32-18-13-17-30(25-32)28-44(37(47)50-40(4,5)6)38(48)51-41(7,8)9/h10-20,25-26,31H,21-24,27-28H2,1-9H3. The van der Waals surface area contributed by atoms with Crippen molar-refractivity contribution in [1.29, 1.82) is 0 Å². The fourth-order valence-electron chi connectivity index (χ4n) is 5.72. The minimum absolute atomic E-state index is 0.00404. The Hall–Kier alpha value is -4.86. The fraction of sp³-hybridized carbons (Fsp3) is 0.463. The molecule has 274 valence electrons. The van der Waals surface area contributed by atoms with Crippen LogP contribution in [-0.2, 0) is 27.3 Å². The molecule has 0 aliphatic carbocycles.